The van der Waals surface area contributed by atoms with Gasteiger partial charge in [-0.15, -0.1) is 0 Å². The molecule has 1 aliphatic rings. The van der Waals surface area contributed by atoms with E-state index in [2.05, 4.69) is 24.4 Å². The second kappa shape index (κ2) is 8.28. The number of ether oxygens (including phenoxy) is 2. The summed E-state index contributed by atoms with van der Waals surface area (Å²) in [7, 11) is 0. The Morgan fingerprint density at radius 1 is 1.10 bits per heavy atom. The van der Waals surface area contributed by atoms with E-state index < -0.39 is 0 Å². The van der Waals surface area contributed by atoms with Crippen LogP contribution in [0, 0.1) is 0 Å². The largest absolute Gasteiger partial charge is 0.490 e. The Hall–Kier alpha value is -1.22. The van der Waals surface area contributed by atoms with Gasteiger partial charge < -0.3 is 14.8 Å². The minimum absolute atomic E-state index is 0.500. The van der Waals surface area contributed by atoms with Crippen LogP contribution < -0.4 is 14.8 Å². The molecule has 0 radical (unpaired) electrons. The van der Waals surface area contributed by atoms with Crippen molar-refractivity contribution < 1.29 is 9.47 Å². The molecule has 2 rings (SSSR count). The Kier molecular flexibility index (Phi) is 6.37. The molecule has 0 saturated heterocycles. The molecule has 1 fully saturated rings. The highest BCUT2D eigenvalue weighted by atomic mass is 16.5. The van der Waals surface area contributed by atoms with Gasteiger partial charge in [0.15, 0.2) is 11.5 Å². The van der Waals surface area contributed by atoms with Gasteiger partial charge in [0, 0.05) is 12.1 Å². The van der Waals surface area contributed by atoms with E-state index in [0.717, 1.165) is 17.9 Å². The first-order chi connectivity index (χ1) is 10.2. The predicted octanol–water partition coefficient (Wildman–Crippen LogP) is 3.95. The molecule has 3 heteroatoms. The second-order valence-electron chi connectivity index (χ2n) is 5.90. The first kappa shape index (κ1) is 16.2. The van der Waals surface area contributed by atoms with Crippen LogP contribution in [0.25, 0.3) is 0 Å². The van der Waals surface area contributed by atoms with Crippen molar-refractivity contribution in [3.05, 3.63) is 23.8 Å². The van der Waals surface area contributed by atoms with Gasteiger partial charge in [0.2, 0.25) is 0 Å². The smallest absolute Gasteiger partial charge is 0.161 e. The highest BCUT2D eigenvalue weighted by molar-refractivity contribution is 5.43. The Balaban J connectivity index is 1.96. The molecule has 118 valence electrons. The molecule has 0 spiro atoms. The summed E-state index contributed by atoms with van der Waals surface area (Å²) in [6.45, 7) is 7.61. The summed E-state index contributed by atoms with van der Waals surface area (Å²) in [5.74, 6) is 1.71. The number of hydrogen-bond acceptors (Lipinski definition) is 3. The molecule has 0 aliphatic heterocycles. The van der Waals surface area contributed by atoms with Crippen LogP contribution in [-0.4, -0.2) is 25.3 Å². The van der Waals surface area contributed by atoms with Gasteiger partial charge in [-0.3, -0.25) is 0 Å². The fourth-order valence-electron chi connectivity index (χ4n) is 3.13. The van der Waals surface area contributed by atoms with E-state index in [1.54, 1.807) is 0 Å². The van der Waals surface area contributed by atoms with Crippen LogP contribution in [0.15, 0.2) is 18.2 Å². The summed E-state index contributed by atoms with van der Waals surface area (Å²) >= 11 is 0. The zero-order chi connectivity index (χ0) is 15.1. The molecule has 0 amide bonds. The van der Waals surface area contributed by atoms with Gasteiger partial charge in [-0.25, -0.2) is 0 Å². The molecule has 1 N–H and O–H groups in total. The van der Waals surface area contributed by atoms with Crippen LogP contribution in [0.2, 0.25) is 0 Å². The van der Waals surface area contributed by atoms with Gasteiger partial charge in [-0.05, 0) is 57.7 Å². The Morgan fingerprint density at radius 3 is 2.43 bits per heavy atom. The van der Waals surface area contributed by atoms with E-state index >= 15 is 0 Å². The minimum Gasteiger partial charge on any atom is -0.490 e. The first-order valence-corrected chi connectivity index (χ1v) is 8.37. The molecular weight excluding hydrogens is 262 g/mol. The zero-order valence-corrected chi connectivity index (χ0v) is 13.7. The van der Waals surface area contributed by atoms with Crippen molar-refractivity contribution in [3.8, 4) is 11.5 Å². The Bertz CT molecular complexity index is 427. The van der Waals surface area contributed by atoms with Gasteiger partial charge in [-0.2, -0.15) is 0 Å². The van der Waals surface area contributed by atoms with E-state index in [4.69, 9.17) is 9.47 Å². The summed E-state index contributed by atoms with van der Waals surface area (Å²) in [6.07, 6.45) is 6.45. The molecule has 21 heavy (non-hydrogen) atoms. The van der Waals surface area contributed by atoms with Crippen molar-refractivity contribution in [1.29, 1.82) is 0 Å². The normalized spacial score (nSPS) is 16.9. The third-order valence-corrected chi connectivity index (χ3v) is 4.03. The van der Waals surface area contributed by atoms with Crippen molar-refractivity contribution in [1.82, 2.24) is 5.32 Å². The summed E-state index contributed by atoms with van der Waals surface area (Å²) in [5.41, 5.74) is 1.31. The molecule has 1 aromatic rings. The van der Waals surface area contributed by atoms with Crippen molar-refractivity contribution in [2.24, 2.45) is 0 Å². The topological polar surface area (TPSA) is 30.5 Å². The van der Waals surface area contributed by atoms with E-state index in [0.29, 0.717) is 25.3 Å². The van der Waals surface area contributed by atoms with E-state index in [9.17, 15) is 0 Å². The predicted molar refractivity (Wildman–Crippen MR) is 87.3 cm³/mol. The quantitative estimate of drug-likeness (QED) is 0.786. The van der Waals surface area contributed by atoms with Gasteiger partial charge in [-0.1, -0.05) is 18.9 Å². The third kappa shape index (κ3) is 4.92. The summed E-state index contributed by atoms with van der Waals surface area (Å²) in [5, 5.41) is 3.75. The second-order valence-corrected chi connectivity index (χ2v) is 5.90. The molecule has 1 aliphatic carbocycles. The van der Waals surface area contributed by atoms with Crippen LogP contribution in [0.1, 0.15) is 52.0 Å². The van der Waals surface area contributed by atoms with Crippen molar-refractivity contribution in [2.75, 3.05) is 13.2 Å². The molecule has 3 nitrogen and oxygen atoms in total. The first-order valence-electron chi connectivity index (χ1n) is 8.37. The fraction of sp³-hybridized carbons (Fsp3) is 0.667. The number of rotatable bonds is 8. The van der Waals surface area contributed by atoms with Crippen molar-refractivity contribution in [2.45, 2.75) is 65.0 Å². The summed E-state index contributed by atoms with van der Waals surface area (Å²) in [6, 6.07) is 7.53. The standard InChI is InChI=1S/C18H29NO2/c1-4-20-17-11-10-15(13-18(17)21-5-2)12-14(3)19-16-8-6-7-9-16/h10-11,13-14,16,19H,4-9,12H2,1-3H3. The maximum atomic E-state index is 5.70. The van der Waals surface area contributed by atoms with Crippen LogP contribution in [0.3, 0.4) is 0 Å². The lowest BCUT2D eigenvalue weighted by molar-refractivity contribution is 0.287. The highest BCUT2D eigenvalue weighted by Gasteiger charge is 2.17. The molecule has 0 bridgehead atoms. The molecule has 1 atom stereocenters. The van der Waals surface area contributed by atoms with Crippen LogP contribution in [0.4, 0.5) is 0 Å². The average Bonchev–Trinajstić information content (AvgIpc) is 2.95. The summed E-state index contributed by atoms with van der Waals surface area (Å²) in [4.78, 5) is 0. The monoisotopic (exact) mass is 291 g/mol. The van der Waals surface area contributed by atoms with Crippen LogP contribution >= 0.6 is 0 Å². The number of benzene rings is 1. The third-order valence-electron chi connectivity index (χ3n) is 4.03. The van der Waals surface area contributed by atoms with Crippen molar-refractivity contribution >= 4 is 0 Å². The van der Waals surface area contributed by atoms with E-state index in [-0.39, 0.29) is 0 Å². The van der Waals surface area contributed by atoms with Gasteiger partial charge >= 0.3 is 0 Å². The van der Waals surface area contributed by atoms with Crippen LogP contribution in [0.5, 0.6) is 11.5 Å². The summed E-state index contributed by atoms with van der Waals surface area (Å²) < 4.78 is 11.3. The maximum Gasteiger partial charge on any atom is 0.161 e. The lowest BCUT2D eigenvalue weighted by Crippen LogP contribution is -2.35. The lowest BCUT2D eigenvalue weighted by atomic mass is 10.1. The Labute approximate surface area is 129 Å². The van der Waals surface area contributed by atoms with Gasteiger partial charge in [0.1, 0.15) is 0 Å². The molecule has 1 saturated carbocycles. The number of nitrogens with one attached hydrogen (secondary N) is 1. The maximum absolute atomic E-state index is 5.70. The molecular formula is C18H29NO2. The van der Waals surface area contributed by atoms with Gasteiger partial charge in [0.05, 0.1) is 13.2 Å². The minimum atomic E-state index is 0.500. The fourth-order valence-corrected chi connectivity index (χ4v) is 3.13. The van der Waals surface area contributed by atoms with E-state index in [1.807, 2.05) is 19.9 Å². The zero-order valence-electron chi connectivity index (χ0n) is 13.7. The molecule has 1 aromatic carbocycles. The average molecular weight is 291 g/mol. The molecule has 1 unspecified atom stereocenters. The SMILES string of the molecule is CCOc1ccc(CC(C)NC2CCCC2)cc1OCC. The van der Waals surface area contributed by atoms with Gasteiger partial charge in [0.25, 0.3) is 0 Å². The number of hydrogen-bond donors (Lipinski definition) is 1. The lowest BCUT2D eigenvalue weighted by Gasteiger charge is -2.20. The Morgan fingerprint density at radius 2 is 1.76 bits per heavy atom. The van der Waals surface area contributed by atoms with Crippen LogP contribution in [-0.2, 0) is 6.42 Å². The highest BCUT2D eigenvalue weighted by Crippen LogP contribution is 2.29. The molecule has 0 aromatic heterocycles. The van der Waals surface area contributed by atoms with E-state index in [1.165, 1.54) is 31.2 Å². The molecule has 0 heterocycles. The van der Waals surface area contributed by atoms with Crippen molar-refractivity contribution in [3.63, 3.8) is 0 Å².